The predicted octanol–water partition coefficient (Wildman–Crippen LogP) is 3.25. The zero-order valence-corrected chi connectivity index (χ0v) is 20.7. The Hall–Kier alpha value is -3.01. The zero-order valence-electron chi connectivity index (χ0n) is 19.9. The number of anilines is 1. The molecule has 0 aromatic heterocycles. The lowest BCUT2D eigenvalue weighted by Gasteiger charge is -2.32. The van der Waals surface area contributed by atoms with E-state index in [2.05, 4.69) is 5.32 Å². The molecular formula is C25H31F2N3O4S. The van der Waals surface area contributed by atoms with Crippen molar-refractivity contribution in [3.8, 4) is 0 Å². The Balaban J connectivity index is 1.83. The number of hydrogen-bond donors (Lipinski definition) is 1. The van der Waals surface area contributed by atoms with Gasteiger partial charge < -0.3 is 10.2 Å². The van der Waals surface area contributed by atoms with Crippen molar-refractivity contribution in [1.82, 2.24) is 10.2 Å². The molecule has 2 aromatic carbocycles. The molecule has 35 heavy (non-hydrogen) atoms. The Bertz CT molecular complexity index is 1140. The SMILES string of the molecule is C[C@@H](C(=O)NC1CCCC1)N(CCc1ccccc1)C(=O)CN(c1ccc(F)c(F)c1)S(C)(=O)=O. The number of rotatable bonds is 10. The van der Waals surface area contributed by atoms with Crippen LogP contribution in [0.3, 0.4) is 0 Å². The number of halogens is 2. The summed E-state index contributed by atoms with van der Waals surface area (Å²) in [6, 6.07) is 11.2. The standard InChI is InChI=1S/C25H31F2N3O4S/c1-18(25(32)28-20-10-6-7-11-20)29(15-14-19-8-4-3-5-9-19)24(31)17-30(35(2,33)34)21-12-13-22(26)23(27)16-21/h3-5,8-9,12-13,16,18,20H,6-7,10-11,14-15,17H2,1-2H3,(H,28,32)/t18-/m0/s1. The predicted molar refractivity (Wildman–Crippen MR) is 130 cm³/mol. The lowest BCUT2D eigenvalue weighted by atomic mass is 10.1. The highest BCUT2D eigenvalue weighted by Gasteiger charge is 2.31. The molecule has 190 valence electrons. The van der Waals surface area contributed by atoms with Gasteiger partial charge in [-0.15, -0.1) is 0 Å². The van der Waals surface area contributed by atoms with Crippen LogP contribution in [-0.4, -0.2) is 56.6 Å². The minimum Gasteiger partial charge on any atom is -0.352 e. The first-order valence-corrected chi connectivity index (χ1v) is 13.5. The fraction of sp³-hybridized carbons (Fsp3) is 0.440. The van der Waals surface area contributed by atoms with Crippen LogP contribution in [0.25, 0.3) is 0 Å². The van der Waals surface area contributed by atoms with Gasteiger partial charge in [0.2, 0.25) is 21.8 Å². The maximum absolute atomic E-state index is 13.8. The van der Waals surface area contributed by atoms with Gasteiger partial charge in [-0.1, -0.05) is 43.2 Å². The fourth-order valence-electron chi connectivity index (χ4n) is 4.22. The van der Waals surface area contributed by atoms with Gasteiger partial charge in [-0.05, 0) is 43.9 Å². The minimum absolute atomic E-state index is 0.0609. The Morgan fingerprint density at radius 2 is 1.71 bits per heavy atom. The molecule has 1 N–H and O–H groups in total. The van der Waals surface area contributed by atoms with E-state index in [1.54, 1.807) is 6.92 Å². The summed E-state index contributed by atoms with van der Waals surface area (Å²) < 4.78 is 52.9. The van der Waals surface area contributed by atoms with Crippen LogP contribution in [0, 0.1) is 11.6 Å². The molecule has 2 amide bonds. The summed E-state index contributed by atoms with van der Waals surface area (Å²) in [4.78, 5) is 27.7. The van der Waals surface area contributed by atoms with Crippen molar-refractivity contribution in [3.63, 3.8) is 0 Å². The van der Waals surface area contributed by atoms with E-state index in [4.69, 9.17) is 0 Å². The summed E-state index contributed by atoms with van der Waals surface area (Å²) in [6.07, 6.45) is 5.17. The fourth-order valence-corrected chi connectivity index (χ4v) is 5.06. The molecule has 0 radical (unpaired) electrons. The average molecular weight is 508 g/mol. The monoisotopic (exact) mass is 507 g/mol. The molecule has 1 fully saturated rings. The van der Waals surface area contributed by atoms with Gasteiger partial charge in [-0.2, -0.15) is 0 Å². The molecule has 1 saturated carbocycles. The molecule has 2 aromatic rings. The quantitative estimate of drug-likeness (QED) is 0.535. The lowest BCUT2D eigenvalue weighted by molar-refractivity contribution is -0.139. The highest BCUT2D eigenvalue weighted by Crippen LogP contribution is 2.22. The molecule has 1 aliphatic carbocycles. The molecule has 3 rings (SSSR count). The summed E-state index contributed by atoms with van der Waals surface area (Å²) >= 11 is 0. The first-order chi connectivity index (χ1) is 16.6. The van der Waals surface area contributed by atoms with Crippen molar-refractivity contribution < 1.29 is 26.8 Å². The number of nitrogens with zero attached hydrogens (tertiary/aromatic N) is 2. The molecule has 1 atom stereocenters. The molecule has 0 unspecified atom stereocenters. The third-order valence-electron chi connectivity index (χ3n) is 6.22. The average Bonchev–Trinajstić information content (AvgIpc) is 3.32. The zero-order chi connectivity index (χ0) is 25.6. The van der Waals surface area contributed by atoms with E-state index in [0.717, 1.165) is 60.0 Å². The topological polar surface area (TPSA) is 86.8 Å². The largest absolute Gasteiger partial charge is 0.352 e. The van der Waals surface area contributed by atoms with Gasteiger partial charge in [0.05, 0.1) is 11.9 Å². The van der Waals surface area contributed by atoms with E-state index >= 15 is 0 Å². The van der Waals surface area contributed by atoms with Crippen LogP contribution in [0.5, 0.6) is 0 Å². The number of sulfonamides is 1. The van der Waals surface area contributed by atoms with Crippen molar-refractivity contribution in [2.75, 3.05) is 23.7 Å². The molecule has 10 heteroatoms. The van der Waals surface area contributed by atoms with E-state index in [1.807, 2.05) is 30.3 Å². The van der Waals surface area contributed by atoms with Crippen LogP contribution in [0.4, 0.5) is 14.5 Å². The second-order valence-electron chi connectivity index (χ2n) is 8.86. The smallest absolute Gasteiger partial charge is 0.244 e. The lowest BCUT2D eigenvalue weighted by Crippen LogP contribution is -2.53. The second-order valence-corrected chi connectivity index (χ2v) is 10.8. The Morgan fingerprint density at radius 3 is 2.31 bits per heavy atom. The summed E-state index contributed by atoms with van der Waals surface area (Å²) in [5.41, 5.74) is 0.778. The third-order valence-corrected chi connectivity index (χ3v) is 7.36. The van der Waals surface area contributed by atoms with E-state index in [1.165, 1.54) is 4.90 Å². The molecule has 1 aliphatic rings. The highest BCUT2D eigenvalue weighted by atomic mass is 32.2. The Kier molecular flexibility index (Phi) is 8.82. The van der Waals surface area contributed by atoms with Gasteiger partial charge in [0, 0.05) is 18.7 Å². The summed E-state index contributed by atoms with van der Waals surface area (Å²) in [6.45, 7) is 1.13. The van der Waals surface area contributed by atoms with Crippen LogP contribution in [0.2, 0.25) is 0 Å². The van der Waals surface area contributed by atoms with Gasteiger partial charge in [-0.25, -0.2) is 17.2 Å². The summed E-state index contributed by atoms with van der Waals surface area (Å²) in [5.74, 6) is -3.29. The highest BCUT2D eigenvalue weighted by molar-refractivity contribution is 7.92. The first-order valence-electron chi connectivity index (χ1n) is 11.6. The van der Waals surface area contributed by atoms with E-state index in [9.17, 15) is 26.8 Å². The van der Waals surface area contributed by atoms with Crippen molar-refractivity contribution in [1.29, 1.82) is 0 Å². The number of nitrogens with one attached hydrogen (secondary N) is 1. The second kappa shape index (κ2) is 11.6. The summed E-state index contributed by atoms with van der Waals surface area (Å²) in [7, 11) is -4.01. The molecule has 0 bridgehead atoms. The maximum Gasteiger partial charge on any atom is 0.244 e. The van der Waals surface area contributed by atoms with E-state index in [0.29, 0.717) is 6.42 Å². The van der Waals surface area contributed by atoms with Crippen molar-refractivity contribution in [2.45, 2.75) is 51.1 Å². The minimum atomic E-state index is -4.01. The van der Waals surface area contributed by atoms with Crippen LogP contribution in [-0.2, 0) is 26.0 Å². The van der Waals surface area contributed by atoms with Gasteiger partial charge in [0.25, 0.3) is 0 Å². The van der Waals surface area contributed by atoms with Crippen LogP contribution < -0.4 is 9.62 Å². The van der Waals surface area contributed by atoms with Crippen LogP contribution in [0.15, 0.2) is 48.5 Å². The molecule has 0 spiro atoms. The number of benzene rings is 2. The first kappa shape index (κ1) is 26.6. The van der Waals surface area contributed by atoms with Gasteiger partial charge >= 0.3 is 0 Å². The molecule has 0 aliphatic heterocycles. The molecule has 0 heterocycles. The number of amides is 2. The Morgan fingerprint density at radius 1 is 1.06 bits per heavy atom. The molecular weight excluding hydrogens is 476 g/mol. The van der Waals surface area contributed by atoms with Crippen molar-refractivity contribution in [3.05, 3.63) is 65.7 Å². The number of hydrogen-bond acceptors (Lipinski definition) is 4. The number of carbonyl (C=O) groups is 2. The number of carbonyl (C=O) groups excluding carboxylic acids is 2. The van der Waals surface area contributed by atoms with Gasteiger partial charge in [0.1, 0.15) is 12.6 Å². The van der Waals surface area contributed by atoms with E-state index < -0.39 is 40.2 Å². The normalized spacial score (nSPS) is 15.0. The Labute approximate surface area is 205 Å². The van der Waals surface area contributed by atoms with Crippen LogP contribution in [0.1, 0.15) is 38.2 Å². The third kappa shape index (κ3) is 7.24. The molecule has 0 saturated heterocycles. The van der Waals surface area contributed by atoms with Gasteiger partial charge in [0.15, 0.2) is 11.6 Å². The van der Waals surface area contributed by atoms with Crippen molar-refractivity contribution in [2.24, 2.45) is 0 Å². The van der Waals surface area contributed by atoms with E-state index in [-0.39, 0.29) is 24.2 Å². The molecule has 7 nitrogen and oxygen atoms in total. The van der Waals surface area contributed by atoms with Crippen LogP contribution >= 0.6 is 0 Å². The summed E-state index contributed by atoms with van der Waals surface area (Å²) in [5, 5.41) is 2.99. The van der Waals surface area contributed by atoms with Gasteiger partial charge in [-0.3, -0.25) is 13.9 Å². The van der Waals surface area contributed by atoms with Crippen molar-refractivity contribution >= 4 is 27.5 Å². The maximum atomic E-state index is 13.8.